The third kappa shape index (κ3) is 3.42. The van der Waals surface area contributed by atoms with Crippen LogP contribution < -0.4 is 5.32 Å². The first-order valence-electron chi connectivity index (χ1n) is 9.36. The zero-order chi connectivity index (χ0) is 21.4. The molecule has 0 saturated heterocycles. The van der Waals surface area contributed by atoms with E-state index < -0.39 is 11.7 Å². The Labute approximate surface area is 172 Å². The first-order valence-corrected chi connectivity index (χ1v) is 9.36. The minimum Gasteiger partial charge on any atom is -0.436 e. The Kier molecular flexibility index (Phi) is 4.80. The highest BCUT2D eigenvalue weighted by Gasteiger charge is 2.17. The average molecular weight is 399 g/mol. The topological polar surface area (TPSA) is 78.9 Å². The van der Waals surface area contributed by atoms with E-state index in [2.05, 4.69) is 10.3 Å². The van der Waals surface area contributed by atoms with Gasteiger partial charge in [0.25, 0.3) is 5.91 Å². The molecule has 0 unspecified atom stereocenters. The van der Waals surface area contributed by atoms with E-state index in [1.807, 2.05) is 45.0 Å². The number of halogens is 1. The lowest BCUT2D eigenvalue weighted by molar-refractivity contribution is 0.102. The number of amides is 1. The normalized spacial score (nSPS) is 10.8. The molecule has 148 valence electrons. The molecule has 5 nitrogen and oxygen atoms in total. The van der Waals surface area contributed by atoms with Crippen LogP contribution in [0.2, 0.25) is 0 Å². The highest BCUT2D eigenvalue weighted by Crippen LogP contribution is 2.32. The fraction of sp³-hybridized carbons (Fsp3) is 0.125. The second-order valence-corrected chi connectivity index (χ2v) is 7.19. The van der Waals surface area contributed by atoms with Crippen molar-refractivity contribution in [2.45, 2.75) is 20.8 Å². The van der Waals surface area contributed by atoms with Crippen LogP contribution in [-0.2, 0) is 0 Å². The van der Waals surface area contributed by atoms with Crippen molar-refractivity contribution in [1.29, 1.82) is 5.26 Å². The van der Waals surface area contributed by atoms with Gasteiger partial charge in [0.2, 0.25) is 5.89 Å². The number of carbonyl (C=O) groups is 1. The van der Waals surface area contributed by atoms with Crippen LogP contribution in [-0.4, -0.2) is 10.9 Å². The van der Waals surface area contributed by atoms with Crippen LogP contribution in [0.5, 0.6) is 0 Å². The lowest BCUT2D eigenvalue weighted by atomic mass is 10.1. The lowest BCUT2D eigenvalue weighted by Gasteiger charge is -2.11. The molecule has 0 radical (unpaired) electrons. The van der Waals surface area contributed by atoms with Gasteiger partial charge in [-0.2, -0.15) is 5.26 Å². The predicted octanol–water partition coefficient (Wildman–Crippen LogP) is 5.68. The van der Waals surface area contributed by atoms with E-state index in [0.29, 0.717) is 11.6 Å². The Morgan fingerprint density at radius 1 is 1.13 bits per heavy atom. The number of rotatable bonds is 3. The van der Waals surface area contributed by atoms with Gasteiger partial charge in [0.1, 0.15) is 11.3 Å². The van der Waals surface area contributed by atoms with Crippen LogP contribution in [0.4, 0.5) is 10.1 Å². The van der Waals surface area contributed by atoms with E-state index in [0.717, 1.165) is 39.4 Å². The van der Waals surface area contributed by atoms with Crippen molar-refractivity contribution in [1.82, 2.24) is 4.98 Å². The number of anilines is 1. The standard InChI is InChI=1S/C24H18FN3O2/c1-13-9-14(2)22-21(10-13)28-24(30-22)17-5-4-6-20(15(17)3)27-23(29)18-8-7-16(12-26)11-19(18)25/h4-11H,1-3H3,(H,27,29). The van der Waals surface area contributed by atoms with Gasteiger partial charge in [-0.1, -0.05) is 12.1 Å². The summed E-state index contributed by atoms with van der Waals surface area (Å²) in [6.45, 7) is 5.82. The number of aromatic nitrogens is 1. The number of hydrogen-bond donors (Lipinski definition) is 1. The number of nitrogens with zero attached hydrogens (tertiary/aromatic N) is 2. The zero-order valence-corrected chi connectivity index (χ0v) is 16.7. The number of aryl methyl sites for hydroxylation is 2. The highest BCUT2D eigenvalue weighted by atomic mass is 19.1. The average Bonchev–Trinajstić information content (AvgIpc) is 3.13. The smallest absolute Gasteiger partial charge is 0.258 e. The SMILES string of the molecule is Cc1cc(C)c2oc(-c3cccc(NC(=O)c4ccc(C#N)cc4F)c3C)nc2c1. The van der Waals surface area contributed by atoms with Crippen LogP contribution in [0, 0.1) is 37.9 Å². The van der Waals surface area contributed by atoms with Crippen molar-refractivity contribution < 1.29 is 13.6 Å². The molecular formula is C24H18FN3O2. The molecule has 0 aliphatic heterocycles. The van der Waals surface area contributed by atoms with Gasteiger partial charge in [0.15, 0.2) is 5.58 Å². The molecule has 0 bridgehead atoms. The van der Waals surface area contributed by atoms with Gasteiger partial charge >= 0.3 is 0 Å². The summed E-state index contributed by atoms with van der Waals surface area (Å²) in [7, 11) is 0. The molecule has 6 heteroatoms. The molecule has 30 heavy (non-hydrogen) atoms. The number of oxazole rings is 1. The Bertz CT molecular complexity index is 1350. The van der Waals surface area contributed by atoms with Gasteiger partial charge in [-0.15, -0.1) is 0 Å². The molecule has 0 atom stereocenters. The minimum absolute atomic E-state index is 0.133. The van der Waals surface area contributed by atoms with Crippen LogP contribution in [0.15, 0.2) is 52.9 Å². The number of carbonyl (C=O) groups excluding carboxylic acids is 1. The summed E-state index contributed by atoms with van der Waals surface area (Å²) >= 11 is 0. The maximum Gasteiger partial charge on any atom is 0.258 e. The molecule has 0 spiro atoms. The number of fused-ring (bicyclic) bond motifs is 1. The second kappa shape index (κ2) is 7.45. The molecule has 1 aromatic heterocycles. The number of nitrogens with one attached hydrogen (secondary N) is 1. The van der Waals surface area contributed by atoms with E-state index >= 15 is 0 Å². The predicted molar refractivity (Wildman–Crippen MR) is 113 cm³/mol. The third-order valence-electron chi connectivity index (χ3n) is 4.98. The highest BCUT2D eigenvalue weighted by molar-refractivity contribution is 6.05. The van der Waals surface area contributed by atoms with E-state index in [1.165, 1.54) is 12.1 Å². The summed E-state index contributed by atoms with van der Waals surface area (Å²) in [4.78, 5) is 17.2. The molecular weight excluding hydrogens is 381 g/mol. The van der Waals surface area contributed by atoms with Crippen molar-refractivity contribution in [3.05, 3.63) is 82.2 Å². The Balaban J connectivity index is 1.69. The molecule has 1 heterocycles. The lowest BCUT2D eigenvalue weighted by Crippen LogP contribution is -2.14. The summed E-state index contributed by atoms with van der Waals surface area (Å²) in [5.41, 5.74) is 5.64. The number of nitriles is 1. The number of benzene rings is 3. The zero-order valence-electron chi connectivity index (χ0n) is 16.7. The van der Waals surface area contributed by atoms with E-state index in [1.54, 1.807) is 12.1 Å². The molecule has 4 aromatic rings. The number of hydrogen-bond acceptors (Lipinski definition) is 4. The minimum atomic E-state index is -0.745. The van der Waals surface area contributed by atoms with Crippen molar-refractivity contribution in [2.75, 3.05) is 5.32 Å². The molecule has 4 rings (SSSR count). The third-order valence-corrected chi connectivity index (χ3v) is 4.98. The van der Waals surface area contributed by atoms with Gasteiger partial charge in [-0.05, 0) is 73.9 Å². The molecule has 0 saturated carbocycles. The van der Waals surface area contributed by atoms with Crippen LogP contribution >= 0.6 is 0 Å². The Hall–Kier alpha value is -3.98. The molecule has 0 fully saturated rings. The van der Waals surface area contributed by atoms with E-state index in [9.17, 15) is 9.18 Å². The fourth-order valence-electron chi connectivity index (χ4n) is 3.45. The molecule has 0 aliphatic rings. The van der Waals surface area contributed by atoms with Gasteiger partial charge in [-0.25, -0.2) is 9.37 Å². The summed E-state index contributed by atoms with van der Waals surface area (Å²) in [6, 6.07) is 15.0. The fourth-order valence-corrected chi connectivity index (χ4v) is 3.45. The van der Waals surface area contributed by atoms with E-state index in [-0.39, 0.29) is 11.1 Å². The van der Waals surface area contributed by atoms with Crippen molar-refractivity contribution in [2.24, 2.45) is 0 Å². The van der Waals surface area contributed by atoms with Crippen LogP contribution in [0.3, 0.4) is 0 Å². The largest absolute Gasteiger partial charge is 0.436 e. The van der Waals surface area contributed by atoms with Crippen molar-refractivity contribution >= 4 is 22.7 Å². The molecule has 1 N–H and O–H groups in total. The summed E-state index contributed by atoms with van der Waals surface area (Å²) in [6.07, 6.45) is 0. The maximum absolute atomic E-state index is 14.2. The van der Waals surface area contributed by atoms with Gasteiger partial charge < -0.3 is 9.73 Å². The van der Waals surface area contributed by atoms with Crippen LogP contribution in [0.25, 0.3) is 22.6 Å². The summed E-state index contributed by atoms with van der Waals surface area (Å²) in [5, 5.41) is 11.6. The Morgan fingerprint density at radius 3 is 2.67 bits per heavy atom. The van der Waals surface area contributed by atoms with E-state index in [4.69, 9.17) is 9.68 Å². The molecule has 1 amide bonds. The summed E-state index contributed by atoms with van der Waals surface area (Å²) in [5.74, 6) is -0.886. The first kappa shape index (κ1) is 19.3. The van der Waals surface area contributed by atoms with Crippen LogP contribution in [0.1, 0.15) is 32.6 Å². The maximum atomic E-state index is 14.2. The quantitative estimate of drug-likeness (QED) is 0.480. The molecule has 3 aromatic carbocycles. The summed E-state index contributed by atoms with van der Waals surface area (Å²) < 4.78 is 20.2. The monoisotopic (exact) mass is 399 g/mol. The Morgan fingerprint density at radius 2 is 1.93 bits per heavy atom. The second-order valence-electron chi connectivity index (χ2n) is 7.19. The first-order chi connectivity index (χ1) is 14.4. The van der Waals surface area contributed by atoms with Crippen molar-refractivity contribution in [3.8, 4) is 17.5 Å². The van der Waals surface area contributed by atoms with Gasteiger partial charge in [0, 0.05) is 11.3 Å². The van der Waals surface area contributed by atoms with Gasteiger partial charge in [-0.3, -0.25) is 4.79 Å². The van der Waals surface area contributed by atoms with Crippen molar-refractivity contribution in [3.63, 3.8) is 0 Å². The van der Waals surface area contributed by atoms with Gasteiger partial charge in [0.05, 0.1) is 17.2 Å². The molecule has 0 aliphatic carbocycles.